The summed E-state index contributed by atoms with van der Waals surface area (Å²) in [5.41, 5.74) is 0. The number of phenols is 1. The highest BCUT2D eigenvalue weighted by atomic mass is 79.9. The fourth-order valence-corrected chi connectivity index (χ4v) is 1.95. The van der Waals surface area contributed by atoms with Crippen LogP contribution in [0.4, 0.5) is 3.89 Å². The van der Waals surface area contributed by atoms with E-state index in [1.54, 1.807) is 0 Å². The Kier molecular flexibility index (Phi) is 3.01. The number of ether oxygens (including phenoxy) is 1. The number of benzene rings is 1. The summed E-state index contributed by atoms with van der Waals surface area (Å²) in [6, 6.07) is 1.85. The van der Waals surface area contributed by atoms with Crippen molar-refractivity contribution in [2.75, 3.05) is 7.11 Å². The summed E-state index contributed by atoms with van der Waals surface area (Å²) in [6.45, 7) is 0. The molecule has 0 aliphatic rings. The molecule has 78 valence electrons. The predicted octanol–water partition coefficient (Wildman–Crippen LogP) is 1.82. The average molecular weight is 285 g/mol. The van der Waals surface area contributed by atoms with Gasteiger partial charge in [-0.3, -0.25) is 0 Å². The molecule has 0 bridgehead atoms. The van der Waals surface area contributed by atoms with Crippen LogP contribution in [0.3, 0.4) is 0 Å². The Labute approximate surface area is 88.7 Å². The maximum atomic E-state index is 12.6. The van der Waals surface area contributed by atoms with Crippen LogP contribution in [0, 0.1) is 0 Å². The van der Waals surface area contributed by atoms with Crippen LogP contribution in [0.15, 0.2) is 21.5 Å². The molecule has 0 heterocycles. The molecular weight excluding hydrogens is 279 g/mol. The molecule has 4 nitrogen and oxygen atoms in total. The van der Waals surface area contributed by atoms with Gasteiger partial charge < -0.3 is 9.84 Å². The largest absolute Gasteiger partial charge is 0.503 e. The molecule has 0 unspecified atom stereocenters. The summed E-state index contributed by atoms with van der Waals surface area (Å²) in [4.78, 5) is -0.570. The van der Waals surface area contributed by atoms with E-state index in [1.165, 1.54) is 7.11 Å². The zero-order chi connectivity index (χ0) is 10.9. The molecule has 0 radical (unpaired) electrons. The Morgan fingerprint density at radius 2 is 2.07 bits per heavy atom. The standard InChI is InChI=1S/C7H6BrFO4S/c1-13-6-3-4(14(9,11)12)2-5(8)7(6)10/h2-3,10H,1H3. The molecule has 1 rings (SSSR count). The monoisotopic (exact) mass is 284 g/mol. The van der Waals surface area contributed by atoms with Crippen LogP contribution in [0.25, 0.3) is 0 Å². The van der Waals surface area contributed by atoms with E-state index < -0.39 is 15.1 Å². The average Bonchev–Trinajstić information content (AvgIpc) is 2.07. The summed E-state index contributed by atoms with van der Waals surface area (Å²) in [6.07, 6.45) is 0. The van der Waals surface area contributed by atoms with Crippen molar-refractivity contribution in [2.24, 2.45) is 0 Å². The second-order valence-corrected chi connectivity index (χ2v) is 4.60. The molecule has 0 spiro atoms. The Balaban J connectivity index is 3.46. The van der Waals surface area contributed by atoms with Crippen molar-refractivity contribution in [3.05, 3.63) is 16.6 Å². The molecule has 7 heteroatoms. The summed E-state index contributed by atoms with van der Waals surface area (Å²) in [5.74, 6) is -0.393. The van der Waals surface area contributed by atoms with Gasteiger partial charge in [-0.05, 0) is 22.0 Å². The molecule has 0 saturated carbocycles. The number of rotatable bonds is 2. The van der Waals surface area contributed by atoms with Crippen molar-refractivity contribution in [2.45, 2.75) is 4.90 Å². The highest BCUT2D eigenvalue weighted by Crippen LogP contribution is 2.36. The SMILES string of the molecule is COc1cc(S(=O)(=O)F)cc(Br)c1O. The number of phenolic OH excluding ortho intramolecular Hbond substituents is 1. The molecular formula is C7H6BrFO4S. The van der Waals surface area contributed by atoms with Gasteiger partial charge in [0.2, 0.25) is 0 Å². The van der Waals surface area contributed by atoms with Gasteiger partial charge >= 0.3 is 10.2 Å². The third-order valence-electron chi connectivity index (χ3n) is 1.50. The Morgan fingerprint density at radius 3 is 2.50 bits per heavy atom. The zero-order valence-corrected chi connectivity index (χ0v) is 9.39. The maximum Gasteiger partial charge on any atom is 0.332 e. The van der Waals surface area contributed by atoms with Crippen molar-refractivity contribution < 1.29 is 22.1 Å². The highest BCUT2D eigenvalue weighted by Gasteiger charge is 2.17. The molecule has 0 aromatic heterocycles. The molecule has 0 atom stereocenters. The number of hydrogen-bond acceptors (Lipinski definition) is 4. The third-order valence-corrected chi connectivity index (χ3v) is 2.91. The number of halogens is 2. The van der Waals surface area contributed by atoms with Crippen LogP contribution in [-0.2, 0) is 10.2 Å². The second-order valence-electron chi connectivity index (χ2n) is 2.39. The molecule has 1 N–H and O–H groups in total. The normalized spacial score (nSPS) is 11.4. The van der Waals surface area contributed by atoms with Gasteiger partial charge in [0.25, 0.3) is 0 Å². The van der Waals surface area contributed by atoms with Gasteiger partial charge in [-0.15, -0.1) is 3.89 Å². The second kappa shape index (κ2) is 3.74. The number of hydrogen-bond donors (Lipinski definition) is 1. The molecule has 0 aliphatic carbocycles. The van der Waals surface area contributed by atoms with E-state index in [2.05, 4.69) is 20.7 Å². The van der Waals surface area contributed by atoms with E-state index in [1.807, 2.05) is 0 Å². The lowest BCUT2D eigenvalue weighted by atomic mass is 10.3. The lowest BCUT2D eigenvalue weighted by Crippen LogP contribution is -1.94. The summed E-state index contributed by atoms with van der Waals surface area (Å²) < 4.78 is 38.3. The van der Waals surface area contributed by atoms with E-state index in [0.29, 0.717) is 0 Å². The van der Waals surface area contributed by atoms with Crippen LogP contribution in [0.5, 0.6) is 11.5 Å². The van der Waals surface area contributed by atoms with Gasteiger partial charge in [-0.1, -0.05) is 0 Å². The quantitative estimate of drug-likeness (QED) is 0.842. The van der Waals surface area contributed by atoms with Crippen molar-refractivity contribution >= 4 is 26.2 Å². The summed E-state index contributed by atoms with van der Waals surface area (Å²) in [5, 5.41) is 9.30. The highest BCUT2D eigenvalue weighted by molar-refractivity contribution is 9.10. The summed E-state index contributed by atoms with van der Waals surface area (Å²) >= 11 is 2.87. The zero-order valence-electron chi connectivity index (χ0n) is 6.99. The molecule has 0 fully saturated rings. The van der Waals surface area contributed by atoms with Crippen molar-refractivity contribution in [3.8, 4) is 11.5 Å². The van der Waals surface area contributed by atoms with Crippen LogP contribution >= 0.6 is 15.9 Å². The maximum absolute atomic E-state index is 12.6. The minimum atomic E-state index is -4.80. The van der Waals surface area contributed by atoms with Gasteiger partial charge in [0.1, 0.15) is 4.90 Å². The summed E-state index contributed by atoms with van der Waals surface area (Å²) in [7, 11) is -3.56. The van der Waals surface area contributed by atoms with Crippen LogP contribution < -0.4 is 4.74 Å². The lowest BCUT2D eigenvalue weighted by Gasteiger charge is -2.06. The molecule has 14 heavy (non-hydrogen) atoms. The molecule has 1 aromatic rings. The first-order chi connectivity index (χ1) is 6.36. The predicted molar refractivity (Wildman–Crippen MR) is 50.7 cm³/mol. The molecule has 0 aliphatic heterocycles. The molecule has 0 amide bonds. The molecule has 0 saturated heterocycles. The van der Waals surface area contributed by atoms with Crippen LogP contribution in [0.1, 0.15) is 0 Å². The Morgan fingerprint density at radius 1 is 1.50 bits per heavy atom. The molecule has 1 aromatic carbocycles. The van der Waals surface area contributed by atoms with Gasteiger partial charge in [-0.25, -0.2) is 0 Å². The van der Waals surface area contributed by atoms with E-state index in [9.17, 15) is 17.4 Å². The number of methoxy groups -OCH3 is 1. The smallest absolute Gasteiger partial charge is 0.332 e. The fraction of sp³-hybridized carbons (Fsp3) is 0.143. The van der Waals surface area contributed by atoms with Crippen molar-refractivity contribution in [1.29, 1.82) is 0 Å². The van der Waals surface area contributed by atoms with E-state index in [0.717, 1.165) is 12.1 Å². The van der Waals surface area contributed by atoms with Crippen LogP contribution in [0.2, 0.25) is 0 Å². The fourth-order valence-electron chi connectivity index (χ4n) is 0.847. The van der Waals surface area contributed by atoms with Crippen molar-refractivity contribution in [1.82, 2.24) is 0 Å². The van der Waals surface area contributed by atoms with Crippen molar-refractivity contribution in [3.63, 3.8) is 0 Å². The topological polar surface area (TPSA) is 63.6 Å². The third kappa shape index (κ3) is 2.16. The van der Waals surface area contributed by atoms with E-state index >= 15 is 0 Å². The van der Waals surface area contributed by atoms with Gasteiger partial charge in [0.05, 0.1) is 11.6 Å². The lowest BCUT2D eigenvalue weighted by molar-refractivity contribution is 0.370. The minimum Gasteiger partial charge on any atom is -0.503 e. The van der Waals surface area contributed by atoms with Crippen LogP contribution in [-0.4, -0.2) is 20.6 Å². The van der Waals surface area contributed by atoms with E-state index in [4.69, 9.17) is 0 Å². The first-order valence-corrected chi connectivity index (χ1v) is 5.55. The Bertz CT molecular complexity index is 457. The van der Waals surface area contributed by atoms with Gasteiger partial charge in [-0.2, -0.15) is 8.42 Å². The minimum absolute atomic E-state index is 0.0491. The first-order valence-electron chi connectivity index (χ1n) is 3.37. The van der Waals surface area contributed by atoms with Gasteiger partial charge in [0, 0.05) is 6.07 Å². The Hall–Kier alpha value is -0.820. The van der Waals surface area contributed by atoms with E-state index in [-0.39, 0.29) is 16.0 Å². The van der Waals surface area contributed by atoms with Gasteiger partial charge in [0.15, 0.2) is 11.5 Å². The number of aromatic hydroxyl groups is 1. The first kappa shape index (κ1) is 11.3.